The molecule has 0 fully saturated rings. The van der Waals surface area contributed by atoms with Gasteiger partial charge in [0, 0.05) is 25.0 Å². The van der Waals surface area contributed by atoms with Gasteiger partial charge in [-0.15, -0.1) is 0 Å². The van der Waals surface area contributed by atoms with E-state index in [0.717, 1.165) is 22.3 Å². The molecule has 2 N–H and O–H groups in total. The molecule has 0 bridgehead atoms. The summed E-state index contributed by atoms with van der Waals surface area (Å²) in [6, 6.07) is 16.2. The molecule has 2 unspecified atom stereocenters. The van der Waals surface area contributed by atoms with Crippen LogP contribution in [0.2, 0.25) is 0 Å². The third kappa shape index (κ3) is 16.9. The number of rotatable bonds is 26. The zero-order valence-corrected chi connectivity index (χ0v) is 24.8. The SMILES string of the molecule is CC(CO)c1ccc(COCCOCCOCCOCCOCCOCCOCc2ccc(C(C)CO)cc2)cc1. The maximum Gasteiger partial charge on any atom is 0.0718 e. The number of benzene rings is 2. The zero-order chi connectivity index (χ0) is 29.4. The van der Waals surface area contributed by atoms with Crippen LogP contribution >= 0.6 is 0 Å². The summed E-state index contributed by atoms with van der Waals surface area (Å²) in [6.45, 7) is 11.6. The average Bonchev–Trinajstić information content (AvgIpc) is 3.01. The van der Waals surface area contributed by atoms with Gasteiger partial charge >= 0.3 is 0 Å². The molecule has 0 saturated carbocycles. The number of aliphatic hydroxyl groups excluding tert-OH is 2. The van der Waals surface area contributed by atoms with Crippen LogP contribution in [0.15, 0.2) is 48.5 Å². The third-order valence-electron chi connectivity index (χ3n) is 6.41. The average molecular weight is 579 g/mol. The minimum Gasteiger partial charge on any atom is -0.396 e. The minimum atomic E-state index is 0.152. The molecule has 0 aliphatic carbocycles. The van der Waals surface area contributed by atoms with Crippen LogP contribution in [-0.2, 0) is 46.4 Å². The van der Waals surface area contributed by atoms with E-state index in [1.54, 1.807) is 0 Å². The van der Waals surface area contributed by atoms with Crippen LogP contribution in [0.1, 0.15) is 47.9 Å². The molecule has 2 rings (SSSR count). The molecule has 0 aliphatic heterocycles. The summed E-state index contributed by atoms with van der Waals surface area (Å²) in [5.41, 5.74) is 4.46. The molecule has 9 heteroatoms. The number of ether oxygens (including phenoxy) is 7. The van der Waals surface area contributed by atoms with E-state index < -0.39 is 0 Å². The molecule has 0 saturated heterocycles. The van der Waals surface area contributed by atoms with Crippen LogP contribution in [0.4, 0.5) is 0 Å². The fourth-order valence-electron chi connectivity index (χ4n) is 3.69. The standard InChI is InChI=1S/C32H50O9/c1-27(23-33)31-7-3-29(4-8-31)25-40-21-19-38-17-15-36-13-11-35-12-14-37-16-18-39-20-22-41-26-30-5-9-32(10-6-30)28(2)24-34/h3-10,27-28,33-34H,11-26H2,1-2H3. The molecule has 41 heavy (non-hydrogen) atoms. The second-order valence-electron chi connectivity index (χ2n) is 9.82. The zero-order valence-electron chi connectivity index (χ0n) is 24.8. The number of hydrogen-bond donors (Lipinski definition) is 2. The van der Waals surface area contributed by atoms with Gasteiger partial charge in [-0.05, 0) is 22.3 Å². The Labute approximate surface area is 245 Å². The van der Waals surface area contributed by atoms with Gasteiger partial charge in [0.1, 0.15) is 0 Å². The lowest BCUT2D eigenvalue weighted by atomic mass is 10.0. The maximum absolute atomic E-state index is 9.21. The Morgan fingerprint density at radius 3 is 0.902 bits per heavy atom. The highest BCUT2D eigenvalue weighted by Crippen LogP contribution is 2.16. The lowest BCUT2D eigenvalue weighted by Crippen LogP contribution is -2.14. The van der Waals surface area contributed by atoms with Gasteiger partial charge in [0.25, 0.3) is 0 Å². The highest BCUT2D eigenvalue weighted by Gasteiger charge is 2.04. The van der Waals surface area contributed by atoms with Gasteiger partial charge in [-0.1, -0.05) is 62.4 Å². The molecule has 2 atom stereocenters. The van der Waals surface area contributed by atoms with Crippen LogP contribution in [0.5, 0.6) is 0 Å². The van der Waals surface area contributed by atoms with Gasteiger partial charge in [-0.3, -0.25) is 0 Å². The molecule has 2 aromatic rings. The van der Waals surface area contributed by atoms with Gasteiger partial charge < -0.3 is 43.4 Å². The van der Waals surface area contributed by atoms with Crippen LogP contribution in [0, 0.1) is 0 Å². The molecule has 0 aliphatic rings. The van der Waals surface area contributed by atoms with Gasteiger partial charge in [0.2, 0.25) is 0 Å². The highest BCUT2D eigenvalue weighted by atomic mass is 16.6. The first-order chi connectivity index (χ1) is 20.1. The molecule has 0 radical (unpaired) electrons. The summed E-state index contributed by atoms with van der Waals surface area (Å²) in [7, 11) is 0. The fourth-order valence-corrected chi connectivity index (χ4v) is 3.69. The minimum absolute atomic E-state index is 0.152. The first-order valence-electron chi connectivity index (χ1n) is 14.6. The topological polar surface area (TPSA) is 105 Å². The predicted molar refractivity (Wildman–Crippen MR) is 157 cm³/mol. The first-order valence-corrected chi connectivity index (χ1v) is 14.6. The Morgan fingerprint density at radius 2 is 0.659 bits per heavy atom. The number of aliphatic hydroxyl groups is 2. The fraction of sp³-hybridized carbons (Fsp3) is 0.625. The Hall–Kier alpha value is -1.92. The van der Waals surface area contributed by atoms with Crippen LogP contribution in [0.3, 0.4) is 0 Å². The van der Waals surface area contributed by atoms with Crippen molar-refractivity contribution in [2.75, 3.05) is 92.5 Å². The van der Waals surface area contributed by atoms with Crippen LogP contribution in [0.25, 0.3) is 0 Å². The predicted octanol–water partition coefficient (Wildman–Crippen LogP) is 3.69. The first kappa shape index (κ1) is 35.3. The highest BCUT2D eigenvalue weighted by molar-refractivity contribution is 5.25. The summed E-state index contributed by atoms with van der Waals surface area (Å²) in [6.07, 6.45) is 0. The summed E-state index contributed by atoms with van der Waals surface area (Å²) in [4.78, 5) is 0. The van der Waals surface area contributed by atoms with E-state index in [1.165, 1.54) is 0 Å². The molecule has 0 aromatic heterocycles. The third-order valence-corrected chi connectivity index (χ3v) is 6.41. The summed E-state index contributed by atoms with van der Waals surface area (Å²) < 4.78 is 38.8. The van der Waals surface area contributed by atoms with E-state index >= 15 is 0 Å². The van der Waals surface area contributed by atoms with E-state index in [4.69, 9.17) is 33.2 Å². The van der Waals surface area contributed by atoms with E-state index in [0.29, 0.717) is 92.5 Å². The van der Waals surface area contributed by atoms with Crippen molar-refractivity contribution in [2.45, 2.75) is 38.9 Å². The molecule has 2 aromatic carbocycles. The molecule has 0 spiro atoms. The summed E-state index contributed by atoms with van der Waals surface area (Å²) >= 11 is 0. The Balaban J connectivity index is 1.26. The maximum atomic E-state index is 9.21. The van der Waals surface area contributed by atoms with Gasteiger partial charge in [-0.2, -0.15) is 0 Å². The van der Waals surface area contributed by atoms with Gasteiger partial charge in [0.05, 0.1) is 92.5 Å². The molecule has 0 amide bonds. The summed E-state index contributed by atoms with van der Waals surface area (Å²) in [5, 5.41) is 18.4. The Kier molecular flexibility index (Phi) is 20.3. The Bertz CT molecular complexity index is 789. The Morgan fingerprint density at radius 1 is 0.415 bits per heavy atom. The lowest BCUT2D eigenvalue weighted by Gasteiger charge is -2.10. The normalized spacial score (nSPS) is 13.0. The molecule has 0 heterocycles. The quantitative estimate of drug-likeness (QED) is 0.162. The van der Waals surface area contributed by atoms with Crippen molar-refractivity contribution in [3.8, 4) is 0 Å². The van der Waals surface area contributed by atoms with E-state index in [-0.39, 0.29) is 25.0 Å². The molecule has 9 nitrogen and oxygen atoms in total. The summed E-state index contributed by atoms with van der Waals surface area (Å²) in [5.74, 6) is 0.304. The van der Waals surface area contributed by atoms with Crippen molar-refractivity contribution < 1.29 is 43.4 Å². The van der Waals surface area contributed by atoms with Crippen molar-refractivity contribution in [3.63, 3.8) is 0 Å². The molecule has 232 valence electrons. The second-order valence-corrected chi connectivity index (χ2v) is 9.82. The van der Waals surface area contributed by atoms with E-state index in [9.17, 15) is 10.2 Å². The second kappa shape index (κ2) is 23.6. The largest absolute Gasteiger partial charge is 0.396 e. The molecular formula is C32H50O9. The lowest BCUT2D eigenvalue weighted by molar-refractivity contribution is -0.0217. The van der Waals surface area contributed by atoms with Crippen LogP contribution < -0.4 is 0 Å². The van der Waals surface area contributed by atoms with Crippen molar-refractivity contribution in [1.82, 2.24) is 0 Å². The van der Waals surface area contributed by atoms with Gasteiger partial charge in [-0.25, -0.2) is 0 Å². The van der Waals surface area contributed by atoms with Crippen molar-refractivity contribution in [2.24, 2.45) is 0 Å². The van der Waals surface area contributed by atoms with E-state index in [2.05, 4.69) is 0 Å². The smallest absolute Gasteiger partial charge is 0.0718 e. The van der Waals surface area contributed by atoms with Crippen molar-refractivity contribution >= 4 is 0 Å². The monoisotopic (exact) mass is 578 g/mol. The molecular weight excluding hydrogens is 528 g/mol. The van der Waals surface area contributed by atoms with Crippen molar-refractivity contribution in [1.29, 1.82) is 0 Å². The van der Waals surface area contributed by atoms with Crippen molar-refractivity contribution in [3.05, 3.63) is 70.8 Å². The van der Waals surface area contributed by atoms with Crippen LogP contribution in [-0.4, -0.2) is 103 Å². The van der Waals surface area contributed by atoms with E-state index in [1.807, 2.05) is 62.4 Å². The number of hydrogen-bond acceptors (Lipinski definition) is 9. The van der Waals surface area contributed by atoms with Gasteiger partial charge in [0.15, 0.2) is 0 Å².